The number of ether oxygens (including phenoxy) is 1. The highest BCUT2D eigenvalue weighted by atomic mass is 16.5. The summed E-state index contributed by atoms with van der Waals surface area (Å²) in [6.45, 7) is 0.781. The Kier molecular flexibility index (Phi) is 2.65. The van der Waals surface area contributed by atoms with Crippen molar-refractivity contribution < 1.29 is 9.53 Å². The minimum atomic E-state index is -0.0405. The second-order valence-corrected chi connectivity index (χ2v) is 7.75. The highest BCUT2D eigenvalue weighted by Crippen LogP contribution is 2.53. The number of carbonyl (C=O) groups excluding carboxylic acids is 1. The summed E-state index contributed by atoms with van der Waals surface area (Å²) in [5.41, 5.74) is 1.17. The Morgan fingerprint density at radius 2 is 1.86 bits per heavy atom. The molecule has 3 nitrogen and oxygen atoms in total. The summed E-state index contributed by atoms with van der Waals surface area (Å²) in [4.78, 5) is 15.6. The lowest BCUT2D eigenvalue weighted by molar-refractivity contribution is -0.149. The second-order valence-electron chi connectivity index (χ2n) is 7.75. The number of hydrogen-bond acceptors (Lipinski definition) is 2. The van der Waals surface area contributed by atoms with Gasteiger partial charge < -0.3 is 9.64 Å². The molecule has 1 amide bonds. The number of hydrogen-bond donors (Lipinski definition) is 0. The first-order valence-electron chi connectivity index (χ1n) is 8.82. The molecule has 2 heterocycles. The van der Waals surface area contributed by atoms with Crippen LogP contribution in [0.1, 0.15) is 56.6 Å². The summed E-state index contributed by atoms with van der Waals surface area (Å²) >= 11 is 0. The van der Waals surface area contributed by atoms with Crippen molar-refractivity contribution in [3.63, 3.8) is 0 Å². The SMILES string of the molecule is O=C(N1C[C@@H]2C[C@H]1c1ccccc1O2)C12CCC(CC1)CC2. The van der Waals surface area contributed by atoms with Crippen molar-refractivity contribution in [2.45, 2.75) is 57.1 Å². The fraction of sp³-hybridized carbons (Fsp3) is 0.632. The van der Waals surface area contributed by atoms with Gasteiger partial charge in [-0.25, -0.2) is 0 Å². The van der Waals surface area contributed by atoms with E-state index in [-0.39, 0.29) is 17.6 Å². The Morgan fingerprint density at radius 1 is 1.14 bits per heavy atom. The van der Waals surface area contributed by atoms with Crippen LogP contribution in [-0.2, 0) is 4.79 Å². The molecule has 1 aromatic carbocycles. The Morgan fingerprint density at radius 3 is 2.64 bits per heavy atom. The van der Waals surface area contributed by atoms with Gasteiger partial charge in [-0.1, -0.05) is 18.2 Å². The van der Waals surface area contributed by atoms with Crippen LogP contribution in [-0.4, -0.2) is 23.5 Å². The van der Waals surface area contributed by atoms with E-state index in [9.17, 15) is 4.79 Å². The fourth-order valence-electron chi connectivity index (χ4n) is 5.32. The largest absolute Gasteiger partial charge is 0.488 e. The predicted molar refractivity (Wildman–Crippen MR) is 83.6 cm³/mol. The number of fused-ring (bicyclic) bond motifs is 7. The molecule has 3 aliphatic carbocycles. The van der Waals surface area contributed by atoms with Crippen LogP contribution in [0.5, 0.6) is 5.75 Å². The molecule has 0 radical (unpaired) electrons. The number of nitrogens with zero attached hydrogens (tertiary/aromatic N) is 1. The first-order chi connectivity index (χ1) is 10.8. The van der Waals surface area contributed by atoms with E-state index in [0.717, 1.165) is 43.9 Å². The molecule has 1 saturated heterocycles. The van der Waals surface area contributed by atoms with Gasteiger partial charge in [0.15, 0.2) is 0 Å². The van der Waals surface area contributed by atoms with Crippen LogP contribution in [0.2, 0.25) is 0 Å². The summed E-state index contributed by atoms with van der Waals surface area (Å²) in [5.74, 6) is 2.32. The lowest BCUT2D eigenvalue weighted by Gasteiger charge is -2.47. The van der Waals surface area contributed by atoms with Crippen molar-refractivity contribution in [2.75, 3.05) is 6.54 Å². The van der Waals surface area contributed by atoms with Gasteiger partial charge in [-0.15, -0.1) is 0 Å². The minimum Gasteiger partial charge on any atom is -0.488 e. The zero-order valence-electron chi connectivity index (χ0n) is 13.0. The van der Waals surface area contributed by atoms with Crippen molar-refractivity contribution >= 4 is 5.91 Å². The summed E-state index contributed by atoms with van der Waals surface area (Å²) in [5, 5.41) is 0. The third-order valence-electron chi connectivity index (χ3n) is 6.64. The third-order valence-corrected chi connectivity index (χ3v) is 6.64. The fourth-order valence-corrected chi connectivity index (χ4v) is 5.32. The van der Waals surface area contributed by atoms with Crippen molar-refractivity contribution in [3.05, 3.63) is 29.8 Å². The number of rotatable bonds is 1. The molecule has 1 aromatic rings. The van der Waals surface area contributed by atoms with Crippen molar-refractivity contribution in [2.24, 2.45) is 11.3 Å². The van der Waals surface area contributed by atoms with Gasteiger partial charge >= 0.3 is 0 Å². The van der Waals surface area contributed by atoms with Gasteiger partial charge in [0.05, 0.1) is 12.6 Å². The maximum Gasteiger partial charge on any atom is 0.229 e. The van der Waals surface area contributed by atoms with E-state index in [1.165, 1.54) is 24.8 Å². The summed E-state index contributed by atoms with van der Waals surface area (Å²) in [6.07, 6.45) is 8.32. The first-order valence-corrected chi connectivity index (χ1v) is 8.82. The molecule has 4 fully saturated rings. The second kappa shape index (κ2) is 4.50. The molecular formula is C19H23NO2. The first kappa shape index (κ1) is 13.0. The summed E-state index contributed by atoms with van der Waals surface area (Å²) < 4.78 is 6.07. The molecule has 116 valence electrons. The van der Waals surface area contributed by atoms with Crippen LogP contribution in [0.15, 0.2) is 24.3 Å². The Balaban J connectivity index is 1.48. The Labute approximate surface area is 131 Å². The molecule has 0 unspecified atom stereocenters. The van der Waals surface area contributed by atoms with E-state index in [4.69, 9.17) is 4.74 Å². The highest BCUT2D eigenvalue weighted by molar-refractivity contribution is 5.84. The van der Waals surface area contributed by atoms with Crippen LogP contribution in [0.4, 0.5) is 0 Å². The number of carbonyl (C=O) groups is 1. The Hall–Kier alpha value is -1.51. The van der Waals surface area contributed by atoms with E-state index in [1.54, 1.807) is 0 Å². The molecule has 2 aliphatic heterocycles. The lowest BCUT2D eigenvalue weighted by Crippen LogP contribution is -2.48. The molecule has 2 atom stereocenters. The van der Waals surface area contributed by atoms with E-state index < -0.39 is 0 Å². The van der Waals surface area contributed by atoms with E-state index in [2.05, 4.69) is 17.0 Å². The number of benzene rings is 1. The van der Waals surface area contributed by atoms with Gasteiger partial charge in [-0.05, 0) is 50.5 Å². The van der Waals surface area contributed by atoms with E-state index in [1.807, 2.05) is 12.1 Å². The average Bonchev–Trinajstić information content (AvgIpc) is 2.93. The van der Waals surface area contributed by atoms with Crippen LogP contribution in [0.25, 0.3) is 0 Å². The van der Waals surface area contributed by atoms with E-state index >= 15 is 0 Å². The number of para-hydroxylation sites is 1. The number of amides is 1. The molecule has 0 aromatic heterocycles. The van der Waals surface area contributed by atoms with Gasteiger partial charge in [-0.2, -0.15) is 0 Å². The lowest BCUT2D eigenvalue weighted by atomic mass is 9.60. The van der Waals surface area contributed by atoms with E-state index in [0.29, 0.717) is 5.91 Å². The molecule has 4 bridgehead atoms. The highest BCUT2D eigenvalue weighted by Gasteiger charge is 2.52. The van der Waals surface area contributed by atoms with Crippen LogP contribution in [0, 0.1) is 11.3 Å². The summed E-state index contributed by atoms with van der Waals surface area (Å²) in [6, 6.07) is 8.52. The molecule has 3 heteroatoms. The van der Waals surface area contributed by atoms with Crippen molar-refractivity contribution in [3.8, 4) is 5.75 Å². The zero-order chi connectivity index (χ0) is 14.7. The third kappa shape index (κ3) is 1.71. The molecule has 0 N–H and O–H groups in total. The maximum absolute atomic E-state index is 13.4. The van der Waals surface area contributed by atoms with Crippen LogP contribution < -0.4 is 4.74 Å². The zero-order valence-corrected chi connectivity index (χ0v) is 13.0. The van der Waals surface area contributed by atoms with Gasteiger partial charge in [-0.3, -0.25) is 4.79 Å². The molecule has 6 rings (SSSR count). The minimum absolute atomic E-state index is 0.0405. The van der Waals surface area contributed by atoms with Gasteiger partial charge in [0.25, 0.3) is 0 Å². The van der Waals surface area contributed by atoms with Crippen LogP contribution in [0.3, 0.4) is 0 Å². The quantitative estimate of drug-likeness (QED) is 0.791. The van der Waals surface area contributed by atoms with Crippen molar-refractivity contribution in [1.29, 1.82) is 0 Å². The predicted octanol–water partition coefficient (Wildman–Crippen LogP) is 3.69. The Bertz CT molecular complexity index is 604. The standard InChI is InChI=1S/C19H23NO2/c21-18(19-8-5-13(6-9-19)7-10-19)20-12-14-11-16(20)15-3-1-2-4-17(15)22-14/h1-4,13-14,16H,5-12H2/t13?,14-,16-,19?/m0/s1. The number of likely N-dealkylation sites (tertiary alicyclic amines) is 1. The summed E-state index contributed by atoms with van der Waals surface area (Å²) in [7, 11) is 0. The normalized spacial score (nSPS) is 38.5. The molecular weight excluding hydrogens is 274 g/mol. The van der Waals surface area contributed by atoms with Gasteiger partial charge in [0.2, 0.25) is 5.91 Å². The molecule has 0 spiro atoms. The van der Waals surface area contributed by atoms with Gasteiger partial charge in [0, 0.05) is 17.4 Å². The molecule has 5 aliphatic rings. The smallest absolute Gasteiger partial charge is 0.229 e. The molecule has 22 heavy (non-hydrogen) atoms. The average molecular weight is 297 g/mol. The monoisotopic (exact) mass is 297 g/mol. The maximum atomic E-state index is 13.4. The molecule has 3 saturated carbocycles. The van der Waals surface area contributed by atoms with Crippen molar-refractivity contribution in [1.82, 2.24) is 4.90 Å². The van der Waals surface area contributed by atoms with Crippen LogP contribution >= 0.6 is 0 Å². The topological polar surface area (TPSA) is 29.5 Å². The van der Waals surface area contributed by atoms with Gasteiger partial charge in [0.1, 0.15) is 11.9 Å².